The van der Waals surface area contributed by atoms with Crippen LogP contribution in [0.2, 0.25) is 0 Å². The average Bonchev–Trinajstić information content (AvgIpc) is 3.49. The Balaban J connectivity index is 1.84. The van der Waals surface area contributed by atoms with Gasteiger partial charge in [0.05, 0.1) is 30.8 Å². The zero-order chi connectivity index (χ0) is 27.0. The highest BCUT2D eigenvalue weighted by molar-refractivity contribution is 5.99. The number of ether oxygens (including phenoxy) is 2. The standard InChI is InChI=1S/C29H40N2O6/c1-6-16-30(19(4)5)26(34)24-29-15-14-28(7-2,37-29)23(27(35)36-8-3)22(29)25(33)31(24)21(18-32)17-20-12-10-9-11-13-20/h6,9-13,19,21-24,32H,1,7-8,14-18H2,2-5H3/t21-,22+,23-,24?,28+,29?/m1/s1. The second-order valence-corrected chi connectivity index (χ2v) is 10.7. The third kappa shape index (κ3) is 4.28. The predicted molar refractivity (Wildman–Crippen MR) is 138 cm³/mol. The second kappa shape index (κ2) is 10.6. The molecule has 1 N–H and O–H groups in total. The Hall–Kier alpha value is -2.71. The van der Waals surface area contributed by atoms with E-state index in [1.807, 2.05) is 51.1 Å². The molecule has 0 radical (unpaired) electrons. The molecule has 1 spiro atoms. The molecule has 2 amide bonds. The Morgan fingerprint density at radius 3 is 2.54 bits per heavy atom. The Morgan fingerprint density at radius 2 is 1.97 bits per heavy atom. The third-order valence-electron chi connectivity index (χ3n) is 8.54. The highest BCUT2D eigenvalue weighted by Crippen LogP contribution is 2.65. The number of amides is 2. The van der Waals surface area contributed by atoms with Crippen molar-refractivity contribution in [1.82, 2.24) is 9.80 Å². The van der Waals surface area contributed by atoms with Crippen molar-refractivity contribution in [2.24, 2.45) is 11.8 Å². The molecule has 8 nitrogen and oxygen atoms in total. The van der Waals surface area contributed by atoms with Gasteiger partial charge in [0.1, 0.15) is 17.6 Å². The Labute approximate surface area is 219 Å². The molecule has 6 atom stereocenters. The molecule has 37 heavy (non-hydrogen) atoms. The van der Waals surface area contributed by atoms with Crippen LogP contribution in [0, 0.1) is 11.8 Å². The van der Waals surface area contributed by atoms with Crippen molar-refractivity contribution in [3.8, 4) is 0 Å². The van der Waals surface area contributed by atoms with Crippen LogP contribution in [0.4, 0.5) is 0 Å². The second-order valence-electron chi connectivity index (χ2n) is 10.7. The summed E-state index contributed by atoms with van der Waals surface area (Å²) >= 11 is 0. The Bertz CT molecular complexity index is 1030. The van der Waals surface area contributed by atoms with Crippen LogP contribution in [0.15, 0.2) is 43.0 Å². The molecule has 1 aromatic carbocycles. The van der Waals surface area contributed by atoms with E-state index in [1.165, 1.54) is 4.90 Å². The molecular formula is C29H40N2O6. The molecule has 3 aliphatic rings. The lowest BCUT2D eigenvalue weighted by Crippen LogP contribution is -2.60. The molecule has 1 aromatic rings. The molecule has 0 aliphatic carbocycles. The summed E-state index contributed by atoms with van der Waals surface area (Å²) in [5.41, 5.74) is -1.05. The first-order valence-corrected chi connectivity index (χ1v) is 13.5. The van der Waals surface area contributed by atoms with Crippen LogP contribution in [-0.2, 0) is 30.3 Å². The van der Waals surface area contributed by atoms with Gasteiger partial charge in [0.25, 0.3) is 0 Å². The van der Waals surface area contributed by atoms with Gasteiger partial charge in [-0.1, -0.05) is 43.3 Å². The molecular weight excluding hydrogens is 472 g/mol. The quantitative estimate of drug-likeness (QED) is 0.362. The average molecular weight is 513 g/mol. The van der Waals surface area contributed by atoms with Crippen LogP contribution in [0.1, 0.15) is 52.5 Å². The maximum absolute atomic E-state index is 14.3. The molecule has 3 saturated heterocycles. The smallest absolute Gasteiger partial charge is 0.312 e. The molecule has 4 rings (SSSR count). The van der Waals surface area contributed by atoms with E-state index in [9.17, 15) is 19.5 Å². The first kappa shape index (κ1) is 27.3. The number of hydrogen-bond donors (Lipinski definition) is 1. The summed E-state index contributed by atoms with van der Waals surface area (Å²) in [4.78, 5) is 45.2. The predicted octanol–water partition coefficient (Wildman–Crippen LogP) is 2.73. The van der Waals surface area contributed by atoms with E-state index in [1.54, 1.807) is 17.9 Å². The summed E-state index contributed by atoms with van der Waals surface area (Å²) in [6.45, 7) is 11.6. The van der Waals surface area contributed by atoms with E-state index in [2.05, 4.69) is 6.58 Å². The number of rotatable bonds is 11. The summed E-state index contributed by atoms with van der Waals surface area (Å²) < 4.78 is 12.2. The van der Waals surface area contributed by atoms with Crippen LogP contribution in [-0.4, -0.2) is 81.8 Å². The maximum atomic E-state index is 14.3. The number of carbonyl (C=O) groups excluding carboxylic acids is 3. The van der Waals surface area contributed by atoms with E-state index < -0.39 is 41.1 Å². The van der Waals surface area contributed by atoms with Crippen molar-refractivity contribution in [1.29, 1.82) is 0 Å². The van der Waals surface area contributed by atoms with Gasteiger partial charge in [0.2, 0.25) is 11.8 Å². The fraction of sp³-hybridized carbons (Fsp3) is 0.621. The lowest BCUT2D eigenvalue weighted by molar-refractivity contribution is -0.163. The fourth-order valence-electron chi connectivity index (χ4n) is 6.91. The van der Waals surface area contributed by atoms with Crippen molar-refractivity contribution in [3.05, 3.63) is 48.6 Å². The molecule has 202 valence electrons. The van der Waals surface area contributed by atoms with Gasteiger partial charge in [-0.25, -0.2) is 0 Å². The largest absolute Gasteiger partial charge is 0.466 e. The number of aliphatic hydroxyl groups is 1. The summed E-state index contributed by atoms with van der Waals surface area (Å²) in [7, 11) is 0. The zero-order valence-corrected chi connectivity index (χ0v) is 22.4. The topological polar surface area (TPSA) is 96.4 Å². The van der Waals surface area contributed by atoms with E-state index in [-0.39, 0.29) is 31.1 Å². The van der Waals surface area contributed by atoms with Crippen molar-refractivity contribution in [2.75, 3.05) is 19.8 Å². The molecule has 2 bridgehead atoms. The van der Waals surface area contributed by atoms with E-state index in [4.69, 9.17) is 9.47 Å². The zero-order valence-electron chi connectivity index (χ0n) is 22.4. The number of likely N-dealkylation sites (tertiary alicyclic amines) is 1. The number of carbonyl (C=O) groups is 3. The summed E-state index contributed by atoms with van der Waals surface area (Å²) in [5.74, 6) is -2.64. The van der Waals surface area contributed by atoms with E-state index in [0.717, 1.165) is 5.56 Å². The van der Waals surface area contributed by atoms with Crippen LogP contribution >= 0.6 is 0 Å². The minimum Gasteiger partial charge on any atom is -0.466 e. The van der Waals surface area contributed by atoms with E-state index in [0.29, 0.717) is 32.2 Å². The summed E-state index contributed by atoms with van der Waals surface area (Å²) in [5, 5.41) is 10.5. The number of esters is 1. The minimum absolute atomic E-state index is 0.140. The monoisotopic (exact) mass is 512 g/mol. The first-order valence-electron chi connectivity index (χ1n) is 13.5. The molecule has 3 fully saturated rings. The molecule has 2 unspecified atom stereocenters. The molecule has 8 heteroatoms. The van der Waals surface area contributed by atoms with Crippen molar-refractivity contribution < 1.29 is 29.0 Å². The maximum Gasteiger partial charge on any atom is 0.312 e. The number of benzene rings is 1. The Kier molecular flexibility index (Phi) is 7.81. The SMILES string of the molecule is C=CCN(C(=O)C1N([C@@H](CO)Cc2ccccc2)C(=O)[C@@H]2[C@H](C(=O)OCC)[C@]3(CC)CCC12O3)C(C)C. The number of fused-ring (bicyclic) bond motifs is 1. The van der Waals surface area contributed by atoms with Crippen LogP contribution in [0.5, 0.6) is 0 Å². The van der Waals surface area contributed by atoms with Crippen LogP contribution < -0.4 is 0 Å². The van der Waals surface area contributed by atoms with Crippen molar-refractivity contribution in [3.63, 3.8) is 0 Å². The fourth-order valence-corrected chi connectivity index (χ4v) is 6.91. The van der Waals surface area contributed by atoms with Gasteiger partial charge in [-0.3, -0.25) is 14.4 Å². The van der Waals surface area contributed by atoms with Crippen LogP contribution in [0.3, 0.4) is 0 Å². The van der Waals surface area contributed by atoms with Gasteiger partial charge in [-0.15, -0.1) is 6.58 Å². The molecule has 3 aliphatic heterocycles. The lowest BCUT2D eigenvalue weighted by atomic mass is 9.65. The summed E-state index contributed by atoms with van der Waals surface area (Å²) in [6, 6.07) is 7.85. The normalized spacial score (nSPS) is 30.9. The number of hydrogen-bond acceptors (Lipinski definition) is 6. The number of nitrogens with zero attached hydrogens (tertiary/aromatic N) is 2. The minimum atomic E-state index is -1.15. The highest BCUT2D eigenvalue weighted by Gasteiger charge is 2.79. The van der Waals surface area contributed by atoms with Gasteiger partial charge in [0.15, 0.2) is 0 Å². The van der Waals surface area contributed by atoms with Gasteiger partial charge >= 0.3 is 5.97 Å². The van der Waals surface area contributed by atoms with Crippen LogP contribution in [0.25, 0.3) is 0 Å². The highest BCUT2D eigenvalue weighted by atomic mass is 16.6. The first-order chi connectivity index (χ1) is 17.7. The van der Waals surface area contributed by atoms with Gasteiger partial charge in [-0.05, 0) is 52.0 Å². The number of aliphatic hydroxyl groups excluding tert-OH is 1. The van der Waals surface area contributed by atoms with E-state index >= 15 is 0 Å². The molecule has 0 aromatic heterocycles. The summed E-state index contributed by atoms with van der Waals surface area (Å²) in [6.07, 6.45) is 3.64. The Morgan fingerprint density at radius 1 is 1.27 bits per heavy atom. The van der Waals surface area contributed by atoms with Crippen molar-refractivity contribution in [2.45, 2.75) is 82.7 Å². The van der Waals surface area contributed by atoms with Gasteiger partial charge in [0, 0.05) is 12.6 Å². The van der Waals surface area contributed by atoms with Crippen molar-refractivity contribution >= 4 is 17.8 Å². The van der Waals surface area contributed by atoms with Gasteiger partial charge in [-0.2, -0.15) is 0 Å². The lowest BCUT2D eigenvalue weighted by Gasteiger charge is -2.40. The molecule has 3 heterocycles. The van der Waals surface area contributed by atoms with Gasteiger partial charge < -0.3 is 24.4 Å². The third-order valence-corrected chi connectivity index (χ3v) is 8.54. The molecule has 0 saturated carbocycles.